The van der Waals surface area contributed by atoms with Gasteiger partial charge in [-0.05, 0) is 31.2 Å². The van der Waals surface area contributed by atoms with E-state index in [-0.39, 0.29) is 30.1 Å². The molecule has 0 aliphatic heterocycles. The Morgan fingerprint density at radius 2 is 1.69 bits per heavy atom. The van der Waals surface area contributed by atoms with E-state index >= 15 is 0 Å². The van der Waals surface area contributed by atoms with E-state index in [9.17, 15) is 18.5 Å². The Morgan fingerprint density at radius 1 is 1.08 bits per heavy atom. The van der Waals surface area contributed by atoms with Gasteiger partial charge in [0.05, 0.1) is 17.5 Å². The Kier molecular flexibility index (Phi) is 6.36. The van der Waals surface area contributed by atoms with Crippen LogP contribution in [0.25, 0.3) is 0 Å². The fourth-order valence-electron chi connectivity index (χ4n) is 2.69. The van der Waals surface area contributed by atoms with E-state index in [1.165, 1.54) is 0 Å². The first-order valence-corrected chi connectivity index (χ1v) is 10.1. The van der Waals surface area contributed by atoms with Crippen LogP contribution in [0.2, 0.25) is 0 Å². The average Bonchev–Trinajstić information content (AvgIpc) is 2.62. The molecule has 0 radical (unpaired) electrons. The number of nitrogens with zero attached hydrogens (tertiary/aromatic N) is 3. The molecule has 1 amide bonds. The zero-order chi connectivity index (χ0) is 19.2. The van der Waals surface area contributed by atoms with Crippen LogP contribution in [0, 0.1) is 11.3 Å². The number of rotatable bonds is 7. The molecular formula is C19H21N3O3S. The molecule has 26 heavy (non-hydrogen) atoms. The van der Waals surface area contributed by atoms with Gasteiger partial charge < -0.3 is 4.90 Å². The van der Waals surface area contributed by atoms with Crippen molar-refractivity contribution in [2.24, 2.45) is 0 Å². The van der Waals surface area contributed by atoms with Crippen molar-refractivity contribution in [2.75, 3.05) is 28.6 Å². The first kappa shape index (κ1) is 19.5. The second-order valence-corrected chi connectivity index (χ2v) is 7.59. The summed E-state index contributed by atoms with van der Waals surface area (Å²) in [4.78, 5) is 14.2. The van der Waals surface area contributed by atoms with Gasteiger partial charge in [-0.15, -0.1) is 0 Å². The van der Waals surface area contributed by atoms with Gasteiger partial charge >= 0.3 is 0 Å². The summed E-state index contributed by atoms with van der Waals surface area (Å²) in [6.45, 7) is 2.32. The summed E-state index contributed by atoms with van der Waals surface area (Å²) in [6, 6.07) is 17.7. The maximum atomic E-state index is 12.6. The predicted octanol–water partition coefficient (Wildman–Crippen LogP) is 2.77. The largest absolute Gasteiger partial charge is 0.313 e. The number of hydrogen-bond donors (Lipinski definition) is 0. The number of anilines is 2. The van der Waals surface area contributed by atoms with Crippen molar-refractivity contribution in [2.45, 2.75) is 13.3 Å². The van der Waals surface area contributed by atoms with Gasteiger partial charge in [-0.2, -0.15) is 5.26 Å². The molecule has 0 aliphatic rings. The number of sulfonamides is 1. The monoisotopic (exact) mass is 371 g/mol. The van der Waals surface area contributed by atoms with Crippen molar-refractivity contribution in [3.63, 3.8) is 0 Å². The number of carbonyl (C=O) groups excluding carboxylic acids is 1. The summed E-state index contributed by atoms with van der Waals surface area (Å²) in [5.74, 6) is -0.179. The van der Waals surface area contributed by atoms with Crippen LogP contribution in [0.5, 0.6) is 0 Å². The van der Waals surface area contributed by atoms with Crippen LogP contribution >= 0.6 is 0 Å². The molecule has 0 bridgehead atoms. The minimum absolute atomic E-state index is 0.00949. The number of nitriles is 1. The Hall–Kier alpha value is -2.85. The van der Waals surface area contributed by atoms with Gasteiger partial charge in [0.15, 0.2) is 0 Å². The molecule has 0 heterocycles. The molecule has 0 spiro atoms. The SMILES string of the molecule is CCN(C(=O)CCN(c1ccccc1C#N)S(C)(=O)=O)c1ccccc1. The number of amides is 1. The van der Waals surface area contributed by atoms with Crippen molar-refractivity contribution >= 4 is 27.3 Å². The third-order valence-corrected chi connectivity index (χ3v) is 5.09. The van der Waals surface area contributed by atoms with E-state index in [1.807, 2.05) is 43.3 Å². The third kappa shape index (κ3) is 4.61. The van der Waals surface area contributed by atoms with Gasteiger partial charge in [0.1, 0.15) is 6.07 Å². The normalized spacial score (nSPS) is 10.8. The van der Waals surface area contributed by atoms with Crippen LogP contribution in [0.15, 0.2) is 54.6 Å². The maximum absolute atomic E-state index is 12.6. The van der Waals surface area contributed by atoms with E-state index in [0.29, 0.717) is 6.54 Å². The molecule has 0 aliphatic carbocycles. The molecule has 0 saturated carbocycles. The zero-order valence-electron chi connectivity index (χ0n) is 14.8. The van der Waals surface area contributed by atoms with Crippen LogP contribution in [0.3, 0.4) is 0 Å². The number of para-hydroxylation sites is 2. The van der Waals surface area contributed by atoms with E-state index in [1.54, 1.807) is 29.2 Å². The lowest BCUT2D eigenvalue weighted by Crippen LogP contribution is -2.37. The fraction of sp³-hybridized carbons (Fsp3) is 0.263. The molecule has 2 aromatic rings. The van der Waals surface area contributed by atoms with Gasteiger partial charge in [-0.25, -0.2) is 8.42 Å². The molecule has 0 unspecified atom stereocenters. The number of carbonyl (C=O) groups is 1. The fourth-order valence-corrected chi connectivity index (χ4v) is 3.63. The van der Waals surface area contributed by atoms with Crippen molar-refractivity contribution < 1.29 is 13.2 Å². The molecular weight excluding hydrogens is 350 g/mol. The summed E-state index contributed by atoms with van der Waals surface area (Å²) < 4.78 is 25.5. The Balaban J connectivity index is 2.23. The van der Waals surface area contributed by atoms with Gasteiger partial charge in [0.25, 0.3) is 0 Å². The standard InChI is InChI=1S/C19H21N3O3S/c1-3-21(17-10-5-4-6-11-17)19(23)13-14-22(26(2,24)25)18-12-8-7-9-16(18)15-20/h4-12H,3,13-14H2,1-2H3. The number of benzene rings is 2. The lowest BCUT2D eigenvalue weighted by molar-refractivity contribution is -0.118. The van der Waals surface area contributed by atoms with Crippen LogP contribution in [0.1, 0.15) is 18.9 Å². The lowest BCUT2D eigenvalue weighted by atomic mass is 10.2. The van der Waals surface area contributed by atoms with Gasteiger partial charge in [0, 0.05) is 25.2 Å². The average molecular weight is 371 g/mol. The molecule has 2 aromatic carbocycles. The molecule has 136 valence electrons. The highest BCUT2D eigenvalue weighted by molar-refractivity contribution is 7.92. The van der Waals surface area contributed by atoms with Crippen LogP contribution in [-0.4, -0.2) is 33.7 Å². The first-order chi connectivity index (χ1) is 12.4. The van der Waals surface area contributed by atoms with Crippen LogP contribution in [0.4, 0.5) is 11.4 Å². The quantitative estimate of drug-likeness (QED) is 0.749. The second kappa shape index (κ2) is 8.50. The molecule has 0 aromatic heterocycles. The van der Waals surface area contributed by atoms with Crippen LogP contribution in [-0.2, 0) is 14.8 Å². The minimum atomic E-state index is -3.63. The van der Waals surface area contributed by atoms with Crippen molar-refractivity contribution in [1.29, 1.82) is 5.26 Å². The van der Waals surface area contributed by atoms with Crippen LogP contribution < -0.4 is 9.21 Å². The first-order valence-electron chi connectivity index (χ1n) is 8.20. The molecule has 0 fully saturated rings. The Bertz CT molecular complexity index is 905. The molecule has 6 nitrogen and oxygen atoms in total. The maximum Gasteiger partial charge on any atom is 0.232 e. The highest BCUT2D eigenvalue weighted by Gasteiger charge is 2.23. The van der Waals surface area contributed by atoms with E-state index < -0.39 is 10.0 Å². The summed E-state index contributed by atoms with van der Waals surface area (Å²) in [5, 5.41) is 9.24. The highest BCUT2D eigenvalue weighted by atomic mass is 32.2. The Morgan fingerprint density at radius 3 is 2.27 bits per heavy atom. The van der Waals surface area contributed by atoms with Gasteiger partial charge in [-0.3, -0.25) is 9.10 Å². The minimum Gasteiger partial charge on any atom is -0.313 e. The second-order valence-electron chi connectivity index (χ2n) is 5.69. The summed E-state index contributed by atoms with van der Waals surface area (Å²) >= 11 is 0. The Labute approximate surface area is 154 Å². The van der Waals surface area contributed by atoms with E-state index in [0.717, 1.165) is 16.2 Å². The van der Waals surface area contributed by atoms with Crippen molar-refractivity contribution in [1.82, 2.24) is 0 Å². The highest BCUT2D eigenvalue weighted by Crippen LogP contribution is 2.23. The smallest absolute Gasteiger partial charge is 0.232 e. The van der Waals surface area contributed by atoms with E-state index in [4.69, 9.17) is 0 Å². The van der Waals surface area contributed by atoms with Crippen molar-refractivity contribution in [3.8, 4) is 6.07 Å². The third-order valence-electron chi connectivity index (χ3n) is 3.91. The predicted molar refractivity (Wildman–Crippen MR) is 102 cm³/mol. The zero-order valence-corrected chi connectivity index (χ0v) is 15.6. The topological polar surface area (TPSA) is 81.5 Å². The summed E-state index contributed by atoms with van der Waals surface area (Å²) in [6.07, 6.45) is 1.08. The summed E-state index contributed by atoms with van der Waals surface area (Å²) in [5.41, 5.74) is 1.30. The summed E-state index contributed by atoms with van der Waals surface area (Å²) in [7, 11) is -3.63. The number of hydrogen-bond acceptors (Lipinski definition) is 4. The molecule has 0 atom stereocenters. The van der Waals surface area contributed by atoms with E-state index in [2.05, 4.69) is 0 Å². The van der Waals surface area contributed by atoms with Crippen molar-refractivity contribution in [3.05, 3.63) is 60.2 Å². The lowest BCUT2D eigenvalue weighted by Gasteiger charge is -2.25. The molecule has 2 rings (SSSR count). The molecule has 0 N–H and O–H groups in total. The van der Waals surface area contributed by atoms with Gasteiger partial charge in [-0.1, -0.05) is 30.3 Å². The molecule has 0 saturated heterocycles. The molecule has 7 heteroatoms. The van der Waals surface area contributed by atoms with Gasteiger partial charge in [0.2, 0.25) is 15.9 Å².